The minimum Gasteiger partial charge on any atom is -0.457 e. The van der Waals surface area contributed by atoms with Crippen molar-refractivity contribution in [2.24, 2.45) is 0 Å². The number of hydrogen-bond donors (Lipinski definition) is 1. The third-order valence-corrected chi connectivity index (χ3v) is 8.06. The summed E-state index contributed by atoms with van der Waals surface area (Å²) in [6.07, 6.45) is 5.98. The number of ether oxygens (including phenoxy) is 1. The van der Waals surface area contributed by atoms with Gasteiger partial charge in [0.05, 0.1) is 12.2 Å². The van der Waals surface area contributed by atoms with E-state index < -0.39 is 0 Å². The fourth-order valence-corrected chi connectivity index (χ4v) is 5.78. The van der Waals surface area contributed by atoms with Crippen molar-refractivity contribution in [1.82, 2.24) is 24.4 Å². The Labute approximate surface area is 216 Å². The third-order valence-electron chi connectivity index (χ3n) is 8.06. The van der Waals surface area contributed by atoms with Crippen LogP contribution in [-0.4, -0.2) is 88.2 Å². The number of carbonyl (C=O) groups is 2. The second-order valence-electron chi connectivity index (χ2n) is 10.6. The number of pyridine rings is 1. The maximum atomic E-state index is 13.0. The van der Waals surface area contributed by atoms with E-state index in [1.54, 1.807) is 4.52 Å². The van der Waals surface area contributed by atoms with Gasteiger partial charge in [0.2, 0.25) is 5.95 Å². The van der Waals surface area contributed by atoms with E-state index in [1.807, 2.05) is 54.5 Å². The lowest BCUT2D eigenvalue weighted by Crippen LogP contribution is -2.44. The molecule has 0 radical (unpaired) electrons. The Morgan fingerprint density at radius 3 is 2.65 bits per heavy atom. The maximum Gasteiger partial charge on any atom is 0.306 e. The molecular formula is C27H33N7O3. The lowest BCUT2D eigenvalue weighted by Gasteiger charge is -2.35. The van der Waals surface area contributed by atoms with Crippen molar-refractivity contribution >= 4 is 34.8 Å². The smallest absolute Gasteiger partial charge is 0.306 e. The largest absolute Gasteiger partial charge is 0.457 e. The Morgan fingerprint density at radius 2 is 1.92 bits per heavy atom. The van der Waals surface area contributed by atoms with Gasteiger partial charge in [0.25, 0.3) is 5.91 Å². The molecule has 3 aromatic rings. The van der Waals surface area contributed by atoms with Crippen LogP contribution in [0.1, 0.15) is 42.5 Å². The number of aromatic nitrogens is 3. The van der Waals surface area contributed by atoms with Crippen LogP contribution in [0.25, 0.3) is 5.65 Å². The molecule has 1 aromatic carbocycles. The fourth-order valence-electron chi connectivity index (χ4n) is 5.78. The average molecular weight is 504 g/mol. The number of carbonyl (C=O) groups excluding carboxylic acids is 2. The monoisotopic (exact) mass is 503 g/mol. The number of nitrogens with one attached hydrogen (secondary N) is 1. The van der Waals surface area contributed by atoms with Gasteiger partial charge in [0.15, 0.2) is 5.65 Å². The molecule has 1 spiro atoms. The van der Waals surface area contributed by atoms with E-state index in [1.165, 1.54) is 0 Å². The van der Waals surface area contributed by atoms with Crippen molar-refractivity contribution in [3.63, 3.8) is 0 Å². The number of amides is 1. The molecule has 6 rings (SSSR count). The Morgan fingerprint density at radius 1 is 1.14 bits per heavy atom. The number of piperidine rings is 1. The van der Waals surface area contributed by atoms with Crippen LogP contribution in [0.5, 0.6) is 0 Å². The zero-order valence-electron chi connectivity index (χ0n) is 21.4. The van der Waals surface area contributed by atoms with Gasteiger partial charge in [-0.15, -0.1) is 5.10 Å². The van der Waals surface area contributed by atoms with Crippen LogP contribution in [-0.2, 0) is 9.53 Å². The van der Waals surface area contributed by atoms with E-state index in [9.17, 15) is 9.59 Å². The molecule has 10 heteroatoms. The van der Waals surface area contributed by atoms with Crippen LogP contribution >= 0.6 is 0 Å². The van der Waals surface area contributed by atoms with Crippen molar-refractivity contribution < 1.29 is 14.3 Å². The highest BCUT2D eigenvalue weighted by atomic mass is 16.6. The number of esters is 1. The lowest BCUT2D eigenvalue weighted by molar-refractivity contribution is -0.146. The zero-order valence-corrected chi connectivity index (χ0v) is 21.4. The summed E-state index contributed by atoms with van der Waals surface area (Å²) in [6.45, 7) is 3.52. The highest BCUT2D eigenvalue weighted by molar-refractivity contribution is 5.94. The highest BCUT2D eigenvalue weighted by Crippen LogP contribution is 2.38. The van der Waals surface area contributed by atoms with Crippen molar-refractivity contribution in [2.45, 2.75) is 43.7 Å². The van der Waals surface area contributed by atoms with Gasteiger partial charge < -0.3 is 24.8 Å². The van der Waals surface area contributed by atoms with Gasteiger partial charge >= 0.3 is 5.97 Å². The molecular weight excluding hydrogens is 470 g/mol. The maximum absolute atomic E-state index is 13.0. The van der Waals surface area contributed by atoms with Crippen LogP contribution < -0.4 is 10.2 Å². The topological polar surface area (TPSA) is 95.3 Å². The lowest BCUT2D eigenvalue weighted by atomic mass is 10.00. The van der Waals surface area contributed by atoms with Crippen LogP contribution in [0.2, 0.25) is 0 Å². The Bertz CT molecular complexity index is 1320. The highest BCUT2D eigenvalue weighted by Gasteiger charge is 2.46. The summed E-state index contributed by atoms with van der Waals surface area (Å²) in [7, 11) is 4.03. The molecule has 37 heavy (non-hydrogen) atoms. The number of anilines is 3. The van der Waals surface area contributed by atoms with Crippen molar-refractivity contribution in [3.8, 4) is 0 Å². The molecule has 10 nitrogen and oxygen atoms in total. The molecule has 0 saturated carbocycles. The molecule has 194 valence electrons. The van der Waals surface area contributed by atoms with Gasteiger partial charge in [-0.3, -0.25) is 9.59 Å². The van der Waals surface area contributed by atoms with Gasteiger partial charge in [-0.05, 0) is 75.8 Å². The quantitative estimate of drug-likeness (QED) is 0.531. The molecule has 1 N–H and O–H groups in total. The molecule has 0 bridgehead atoms. The predicted octanol–water partition coefficient (Wildman–Crippen LogP) is 2.93. The van der Waals surface area contributed by atoms with Gasteiger partial charge in [-0.25, -0.2) is 4.52 Å². The molecule has 0 aliphatic carbocycles. The summed E-state index contributed by atoms with van der Waals surface area (Å²) in [6, 6.07) is 11.7. The van der Waals surface area contributed by atoms with Gasteiger partial charge in [-0.1, -0.05) is 0 Å². The standard InChI is InChI=1S/C27H33N7O3/c1-31-15-10-21(11-16-31)32(2)25(36)19-5-7-20(8-6-19)28-26-29-24-22(4-3-14-34(24)30-26)33-17-13-27(18-33)12-9-23(35)37-27/h3-8,14,21H,9-13,15-18H2,1-2H3,(H,28,30). The first-order valence-corrected chi connectivity index (χ1v) is 13.0. The summed E-state index contributed by atoms with van der Waals surface area (Å²) in [5, 5.41) is 7.87. The van der Waals surface area contributed by atoms with Crippen molar-refractivity contribution in [3.05, 3.63) is 48.2 Å². The van der Waals surface area contributed by atoms with E-state index in [0.717, 1.165) is 62.3 Å². The molecule has 1 amide bonds. The molecule has 3 saturated heterocycles. The van der Waals surface area contributed by atoms with Gasteiger partial charge in [-0.2, -0.15) is 4.98 Å². The van der Waals surface area contributed by atoms with Crippen LogP contribution in [0, 0.1) is 0 Å². The summed E-state index contributed by atoms with van der Waals surface area (Å²) < 4.78 is 7.43. The Hall–Kier alpha value is -3.66. The first-order valence-electron chi connectivity index (χ1n) is 13.0. The predicted molar refractivity (Wildman–Crippen MR) is 140 cm³/mol. The first-order chi connectivity index (χ1) is 17.9. The van der Waals surface area contributed by atoms with E-state index in [4.69, 9.17) is 9.72 Å². The van der Waals surface area contributed by atoms with E-state index in [2.05, 4.69) is 27.3 Å². The summed E-state index contributed by atoms with van der Waals surface area (Å²) in [4.78, 5) is 35.9. The first kappa shape index (κ1) is 23.7. The van der Waals surface area contributed by atoms with Crippen LogP contribution in [0.3, 0.4) is 0 Å². The number of fused-ring (bicyclic) bond motifs is 1. The van der Waals surface area contributed by atoms with E-state index in [0.29, 0.717) is 24.5 Å². The molecule has 3 aliphatic rings. The molecule has 1 unspecified atom stereocenters. The van der Waals surface area contributed by atoms with Gasteiger partial charge in [0, 0.05) is 49.9 Å². The van der Waals surface area contributed by atoms with Crippen molar-refractivity contribution in [1.29, 1.82) is 0 Å². The number of benzene rings is 1. The average Bonchev–Trinajstić information content (AvgIpc) is 3.62. The van der Waals surface area contributed by atoms with Crippen LogP contribution in [0.4, 0.5) is 17.3 Å². The molecule has 3 aliphatic heterocycles. The zero-order chi connectivity index (χ0) is 25.6. The van der Waals surface area contributed by atoms with Crippen LogP contribution in [0.15, 0.2) is 42.6 Å². The minimum absolute atomic E-state index is 0.0490. The summed E-state index contributed by atoms with van der Waals surface area (Å²) in [5.41, 5.74) is 2.84. The number of nitrogens with zero attached hydrogens (tertiary/aromatic N) is 6. The number of rotatable bonds is 5. The molecule has 3 fully saturated rings. The molecule has 5 heterocycles. The Balaban J connectivity index is 1.14. The normalized spacial score (nSPS) is 22.6. The SMILES string of the molecule is CN1CCC(N(C)C(=O)c2ccc(Nc3nc4c(N5CCC6(CCC(=O)O6)C5)cccn4n3)cc2)CC1. The van der Waals surface area contributed by atoms with Gasteiger partial charge in [0.1, 0.15) is 5.60 Å². The molecule has 2 aromatic heterocycles. The third kappa shape index (κ3) is 4.61. The number of hydrogen-bond acceptors (Lipinski definition) is 8. The van der Waals surface area contributed by atoms with E-state index >= 15 is 0 Å². The summed E-state index contributed by atoms with van der Waals surface area (Å²) >= 11 is 0. The summed E-state index contributed by atoms with van der Waals surface area (Å²) in [5.74, 6) is 0.430. The van der Waals surface area contributed by atoms with Crippen molar-refractivity contribution in [2.75, 3.05) is 50.5 Å². The second-order valence-corrected chi connectivity index (χ2v) is 10.6. The van der Waals surface area contributed by atoms with E-state index in [-0.39, 0.29) is 23.5 Å². The minimum atomic E-state index is -0.369. The fraction of sp³-hybridized carbons (Fsp3) is 0.481. The Kier molecular flexibility index (Phi) is 5.98. The molecule has 1 atom stereocenters. The number of likely N-dealkylation sites (tertiary alicyclic amines) is 1. The second kappa shape index (κ2) is 9.33.